The van der Waals surface area contributed by atoms with Crippen molar-refractivity contribution in [1.82, 2.24) is 5.16 Å². The topological polar surface area (TPSA) is 70.5 Å². The molecule has 6 heteroatoms. The van der Waals surface area contributed by atoms with Gasteiger partial charge in [0.05, 0.1) is 19.1 Å². The normalized spacial score (nSPS) is 10.4. The van der Waals surface area contributed by atoms with E-state index in [0.29, 0.717) is 23.1 Å². The van der Waals surface area contributed by atoms with Crippen LogP contribution in [0.2, 0.25) is 0 Å². The number of aromatic nitrogens is 1. The minimum atomic E-state index is 0.352. The van der Waals surface area contributed by atoms with Crippen LogP contribution in [-0.2, 0) is 0 Å². The second kappa shape index (κ2) is 5.22. The van der Waals surface area contributed by atoms with Crippen LogP contribution in [0, 0.1) is 0 Å². The van der Waals surface area contributed by atoms with Crippen LogP contribution in [0.1, 0.15) is 0 Å². The standard InChI is InChI=1S/C12H14N2O3S/c1-15-9-4-7(8-6-11(13)14-17-8)5-10(18-3)12(9)16-2/h4-6H,1-3H3,(H2,13,14). The van der Waals surface area contributed by atoms with Crippen molar-refractivity contribution in [3.8, 4) is 22.8 Å². The van der Waals surface area contributed by atoms with E-state index >= 15 is 0 Å². The molecule has 0 atom stereocenters. The third kappa shape index (κ3) is 2.24. The first-order valence-electron chi connectivity index (χ1n) is 5.22. The van der Waals surface area contributed by atoms with E-state index in [1.165, 1.54) is 0 Å². The van der Waals surface area contributed by atoms with Crippen LogP contribution in [0.5, 0.6) is 11.5 Å². The largest absolute Gasteiger partial charge is 0.493 e. The number of nitrogen functional groups attached to an aromatic ring is 1. The Kier molecular flexibility index (Phi) is 3.66. The number of benzene rings is 1. The van der Waals surface area contributed by atoms with Crippen LogP contribution in [0.15, 0.2) is 27.6 Å². The van der Waals surface area contributed by atoms with Gasteiger partial charge in [-0.15, -0.1) is 11.8 Å². The highest BCUT2D eigenvalue weighted by Crippen LogP contribution is 2.40. The maximum absolute atomic E-state index is 5.55. The molecule has 1 heterocycles. The van der Waals surface area contributed by atoms with Crippen LogP contribution in [0.3, 0.4) is 0 Å². The lowest BCUT2D eigenvalue weighted by atomic mass is 10.1. The summed E-state index contributed by atoms with van der Waals surface area (Å²) in [6.45, 7) is 0. The molecule has 0 unspecified atom stereocenters. The van der Waals surface area contributed by atoms with Crippen molar-refractivity contribution in [3.63, 3.8) is 0 Å². The third-order valence-corrected chi connectivity index (χ3v) is 3.22. The molecule has 0 saturated heterocycles. The molecule has 2 rings (SSSR count). The first-order chi connectivity index (χ1) is 8.69. The Hall–Kier alpha value is -1.82. The van der Waals surface area contributed by atoms with Gasteiger partial charge in [-0.25, -0.2) is 0 Å². The maximum Gasteiger partial charge on any atom is 0.174 e. The van der Waals surface area contributed by atoms with Crippen molar-refractivity contribution in [2.45, 2.75) is 4.90 Å². The molecule has 0 aliphatic heterocycles. The highest BCUT2D eigenvalue weighted by Gasteiger charge is 2.15. The number of nitrogens with zero attached hydrogens (tertiary/aromatic N) is 1. The van der Waals surface area contributed by atoms with Gasteiger partial charge in [0.2, 0.25) is 0 Å². The highest BCUT2D eigenvalue weighted by atomic mass is 32.2. The Labute approximate surface area is 109 Å². The molecule has 0 amide bonds. The molecule has 1 aromatic carbocycles. The number of hydrogen-bond acceptors (Lipinski definition) is 6. The van der Waals surface area contributed by atoms with E-state index in [1.807, 2.05) is 18.4 Å². The molecule has 2 aromatic rings. The van der Waals surface area contributed by atoms with E-state index in [1.54, 1.807) is 32.0 Å². The maximum atomic E-state index is 5.55. The summed E-state index contributed by atoms with van der Waals surface area (Å²) in [7, 11) is 3.21. The molecular weight excluding hydrogens is 252 g/mol. The summed E-state index contributed by atoms with van der Waals surface area (Å²) in [5, 5.41) is 3.67. The third-order valence-electron chi connectivity index (χ3n) is 2.48. The fourth-order valence-corrected chi connectivity index (χ4v) is 2.26. The Morgan fingerprint density at radius 2 is 2.00 bits per heavy atom. The fraction of sp³-hybridized carbons (Fsp3) is 0.250. The van der Waals surface area contributed by atoms with Crippen molar-refractivity contribution in [2.24, 2.45) is 0 Å². The van der Waals surface area contributed by atoms with Gasteiger partial charge in [0.25, 0.3) is 0 Å². The number of methoxy groups -OCH3 is 2. The predicted molar refractivity (Wildman–Crippen MR) is 71.2 cm³/mol. The summed E-state index contributed by atoms with van der Waals surface area (Å²) in [4.78, 5) is 0.960. The molecular formula is C12H14N2O3S. The van der Waals surface area contributed by atoms with Gasteiger partial charge >= 0.3 is 0 Å². The quantitative estimate of drug-likeness (QED) is 0.858. The Bertz CT molecular complexity index is 529. The molecule has 0 fully saturated rings. The van der Waals surface area contributed by atoms with Gasteiger partial charge in [0.1, 0.15) is 0 Å². The van der Waals surface area contributed by atoms with E-state index < -0.39 is 0 Å². The number of ether oxygens (including phenoxy) is 2. The molecule has 18 heavy (non-hydrogen) atoms. The predicted octanol–water partition coefficient (Wildman–Crippen LogP) is 2.66. The first kappa shape index (κ1) is 12.6. The number of nitrogens with two attached hydrogens (primary N) is 1. The minimum absolute atomic E-state index is 0.352. The van der Waals surface area contributed by atoms with E-state index in [9.17, 15) is 0 Å². The molecule has 96 valence electrons. The number of hydrogen-bond donors (Lipinski definition) is 1. The van der Waals surface area contributed by atoms with Crippen molar-refractivity contribution in [2.75, 3.05) is 26.2 Å². The zero-order valence-corrected chi connectivity index (χ0v) is 11.2. The number of thioether (sulfide) groups is 1. The number of anilines is 1. The lowest BCUT2D eigenvalue weighted by Gasteiger charge is -2.12. The monoisotopic (exact) mass is 266 g/mol. The lowest BCUT2D eigenvalue weighted by Crippen LogP contribution is -1.93. The van der Waals surface area contributed by atoms with Crippen molar-refractivity contribution >= 4 is 17.6 Å². The molecule has 0 spiro atoms. The van der Waals surface area contributed by atoms with Crippen molar-refractivity contribution < 1.29 is 14.0 Å². The van der Waals surface area contributed by atoms with Gasteiger partial charge in [0, 0.05) is 11.6 Å². The van der Waals surface area contributed by atoms with Crippen LogP contribution in [0.4, 0.5) is 5.82 Å². The summed E-state index contributed by atoms with van der Waals surface area (Å²) in [5.74, 6) is 2.31. The smallest absolute Gasteiger partial charge is 0.174 e. The molecule has 0 aliphatic carbocycles. The van der Waals surface area contributed by atoms with Crippen LogP contribution < -0.4 is 15.2 Å². The molecule has 0 aliphatic rings. The average molecular weight is 266 g/mol. The zero-order valence-electron chi connectivity index (χ0n) is 10.4. The van der Waals surface area contributed by atoms with E-state index in [4.69, 9.17) is 19.7 Å². The highest BCUT2D eigenvalue weighted by molar-refractivity contribution is 7.98. The van der Waals surface area contributed by atoms with E-state index in [0.717, 1.165) is 10.5 Å². The van der Waals surface area contributed by atoms with Crippen LogP contribution >= 0.6 is 11.8 Å². The number of rotatable bonds is 4. The zero-order chi connectivity index (χ0) is 13.1. The summed E-state index contributed by atoms with van der Waals surface area (Å²) in [6.07, 6.45) is 1.97. The summed E-state index contributed by atoms with van der Waals surface area (Å²) >= 11 is 1.57. The molecule has 0 saturated carbocycles. The Morgan fingerprint density at radius 3 is 2.50 bits per heavy atom. The van der Waals surface area contributed by atoms with Crippen molar-refractivity contribution in [3.05, 3.63) is 18.2 Å². The second-order valence-electron chi connectivity index (χ2n) is 3.53. The molecule has 2 N–H and O–H groups in total. The van der Waals surface area contributed by atoms with Crippen LogP contribution in [-0.4, -0.2) is 25.6 Å². The van der Waals surface area contributed by atoms with Crippen molar-refractivity contribution in [1.29, 1.82) is 0 Å². The molecule has 0 bridgehead atoms. The van der Waals surface area contributed by atoms with Gasteiger partial charge in [0.15, 0.2) is 23.1 Å². The summed E-state index contributed by atoms with van der Waals surface area (Å²) in [5.41, 5.74) is 6.40. The van der Waals surface area contributed by atoms with Gasteiger partial charge in [-0.2, -0.15) is 0 Å². The first-order valence-corrected chi connectivity index (χ1v) is 6.44. The van der Waals surface area contributed by atoms with Gasteiger partial charge in [-0.05, 0) is 18.4 Å². The molecule has 0 radical (unpaired) electrons. The van der Waals surface area contributed by atoms with Gasteiger partial charge in [-0.3, -0.25) is 0 Å². The van der Waals surface area contributed by atoms with Gasteiger partial charge < -0.3 is 19.7 Å². The Balaban J connectivity index is 2.56. The summed E-state index contributed by atoms with van der Waals surface area (Å²) < 4.78 is 15.8. The second-order valence-corrected chi connectivity index (χ2v) is 4.38. The SMILES string of the molecule is COc1cc(-c2cc(N)no2)cc(SC)c1OC. The van der Waals surface area contributed by atoms with Gasteiger partial charge in [-0.1, -0.05) is 5.16 Å². The lowest BCUT2D eigenvalue weighted by molar-refractivity contribution is 0.348. The van der Waals surface area contributed by atoms with Crippen LogP contribution in [0.25, 0.3) is 11.3 Å². The Morgan fingerprint density at radius 1 is 1.22 bits per heavy atom. The average Bonchev–Trinajstić information content (AvgIpc) is 2.83. The molecule has 1 aromatic heterocycles. The van der Waals surface area contributed by atoms with E-state index in [-0.39, 0.29) is 0 Å². The summed E-state index contributed by atoms with van der Waals surface area (Å²) in [6, 6.07) is 5.45. The fourth-order valence-electron chi connectivity index (χ4n) is 1.65. The molecule has 5 nitrogen and oxygen atoms in total. The minimum Gasteiger partial charge on any atom is -0.493 e. The van der Waals surface area contributed by atoms with E-state index in [2.05, 4.69) is 5.16 Å².